The number of thiophene rings is 1. The molecule has 0 radical (unpaired) electrons. The van der Waals surface area contributed by atoms with E-state index in [2.05, 4.69) is 5.32 Å². The van der Waals surface area contributed by atoms with Crippen LogP contribution in [0.1, 0.15) is 4.88 Å². The highest BCUT2D eigenvalue weighted by molar-refractivity contribution is 7.09. The van der Waals surface area contributed by atoms with E-state index in [1.807, 2.05) is 17.5 Å². The summed E-state index contributed by atoms with van der Waals surface area (Å²) in [5.41, 5.74) is 0. The van der Waals surface area contributed by atoms with Gasteiger partial charge in [0, 0.05) is 11.9 Å². The average Bonchev–Trinajstić information content (AvgIpc) is 2.92. The Bertz CT molecular complexity index is 472. The molecule has 0 unspecified atom stereocenters. The van der Waals surface area contributed by atoms with Gasteiger partial charge in [0.25, 0.3) is 5.91 Å². The second-order valence-corrected chi connectivity index (χ2v) is 5.01. The molecule has 1 aromatic heterocycles. The number of carbonyl (C=O) groups excluding carboxylic acids is 3. The van der Waals surface area contributed by atoms with Crippen LogP contribution in [0.4, 0.5) is 4.79 Å². The zero-order valence-electron chi connectivity index (χ0n) is 9.88. The second-order valence-electron chi connectivity index (χ2n) is 3.97. The van der Waals surface area contributed by atoms with Crippen molar-refractivity contribution in [3.63, 3.8) is 0 Å². The van der Waals surface area contributed by atoms with Crippen molar-refractivity contribution in [2.24, 2.45) is 0 Å². The number of nitrogens with one attached hydrogen (secondary N) is 1. The van der Waals surface area contributed by atoms with Gasteiger partial charge in [-0.3, -0.25) is 14.5 Å². The third-order valence-corrected chi connectivity index (χ3v) is 3.45. The van der Waals surface area contributed by atoms with Crippen LogP contribution in [-0.4, -0.2) is 47.8 Å². The fourth-order valence-electron chi connectivity index (χ4n) is 1.62. The van der Waals surface area contributed by atoms with Gasteiger partial charge in [-0.15, -0.1) is 11.3 Å². The third-order valence-electron chi connectivity index (χ3n) is 2.57. The Morgan fingerprint density at radius 1 is 1.50 bits per heavy atom. The van der Waals surface area contributed by atoms with Crippen molar-refractivity contribution >= 4 is 29.2 Å². The summed E-state index contributed by atoms with van der Waals surface area (Å²) in [5.74, 6) is -0.672. The first-order valence-electron chi connectivity index (χ1n) is 5.42. The topological polar surface area (TPSA) is 69.7 Å². The maximum absolute atomic E-state index is 11.6. The number of nitrogens with zero attached hydrogens (tertiary/aromatic N) is 2. The van der Waals surface area contributed by atoms with Crippen molar-refractivity contribution in [1.29, 1.82) is 0 Å². The second kappa shape index (κ2) is 5.18. The van der Waals surface area contributed by atoms with Gasteiger partial charge >= 0.3 is 6.03 Å². The standard InChI is InChI=1S/C11H13N3O3S/c1-13-7-10(16)14(11(13)17)6-9(15)12-5-8-3-2-4-18-8/h2-4H,5-7H2,1H3,(H,12,15). The Morgan fingerprint density at radius 3 is 2.83 bits per heavy atom. The zero-order valence-corrected chi connectivity index (χ0v) is 10.7. The minimum Gasteiger partial charge on any atom is -0.350 e. The molecule has 1 aromatic rings. The molecule has 1 fully saturated rings. The highest BCUT2D eigenvalue weighted by atomic mass is 32.1. The van der Waals surface area contributed by atoms with Crippen LogP contribution < -0.4 is 5.32 Å². The van der Waals surface area contributed by atoms with E-state index in [1.54, 1.807) is 0 Å². The summed E-state index contributed by atoms with van der Waals surface area (Å²) in [7, 11) is 1.53. The van der Waals surface area contributed by atoms with Gasteiger partial charge in [0.15, 0.2) is 0 Å². The molecule has 0 atom stereocenters. The van der Waals surface area contributed by atoms with E-state index in [0.717, 1.165) is 9.78 Å². The maximum Gasteiger partial charge on any atom is 0.327 e. The Labute approximate surface area is 108 Å². The monoisotopic (exact) mass is 267 g/mol. The molecule has 0 spiro atoms. The van der Waals surface area contributed by atoms with Crippen LogP contribution in [0.5, 0.6) is 0 Å². The highest BCUT2D eigenvalue weighted by Gasteiger charge is 2.34. The van der Waals surface area contributed by atoms with Crippen molar-refractivity contribution in [2.75, 3.05) is 20.1 Å². The van der Waals surface area contributed by atoms with Crippen LogP contribution in [0.2, 0.25) is 0 Å². The fraction of sp³-hybridized carbons (Fsp3) is 0.364. The van der Waals surface area contributed by atoms with Crippen LogP contribution in [0.3, 0.4) is 0 Å². The van der Waals surface area contributed by atoms with Crippen molar-refractivity contribution in [3.05, 3.63) is 22.4 Å². The van der Waals surface area contributed by atoms with Crippen LogP contribution >= 0.6 is 11.3 Å². The van der Waals surface area contributed by atoms with Crippen molar-refractivity contribution in [2.45, 2.75) is 6.54 Å². The quantitative estimate of drug-likeness (QED) is 0.795. The molecule has 0 bridgehead atoms. The Morgan fingerprint density at radius 2 is 2.28 bits per heavy atom. The summed E-state index contributed by atoms with van der Waals surface area (Å²) in [6.45, 7) is 0.243. The number of rotatable bonds is 4. The van der Waals surface area contributed by atoms with Gasteiger partial charge in [-0.25, -0.2) is 4.79 Å². The molecule has 2 heterocycles. The number of imide groups is 1. The molecule has 4 amide bonds. The van der Waals surface area contributed by atoms with Crippen molar-refractivity contribution in [3.8, 4) is 0 Å². The summed E-state index contributed by atoms with van der Waals surface area (Å²) in [4.78, 5) is 37.9. The molecule has 0 saturated carbocycles. The smallest absolute Gasteiger partial charge is 0.327 e. The lowest BCUT2D eigenvalue weighted by atomic mass is 10.4. The predicted molar refractivity (Wildman–Crippen MR) is 65.9 cm³/mol. The lowest BCUT2D eigenvalue weighted by Crippen LogP contribution is -2.40. The Hall–Kier alpha value is -1.89. The lowest BCUT2D eigenvalue weighted by molar-refractivity contribution is -0.130. The zero-order chi connectivity index (χ0) is 13.1. The lowest BCUT2D eigenvalue weighted by Gasteiger charge is -2.13. The molecule has 1 aliphatic heterocycles. The Kier molecular flexibility index (Phi) is 3.61. The minimum atomic E-state index is -0.425. The highest BCUT2D eigenvalue weighted by Crippen LogP contribution is 2.09. The molecule has 1 saturated heterocycles. The van der Waals surface area contributed by atoms with Crippen LogP contribution in [-0.2, 0) is 16.1 Å². The first-order valence-corrected chi connectivity index (χ1v) is 6.30. The van der Waals surface area contributed by atoms with E-state index in [-0.39, 0.29) is 24.9 Å². The summed E-state index contributed by atoms with van der Waals surface area (Å²) in [6.07, 6.45) is 0. The van der Waals surface area contributed by atoms with Crippen LogP contribution in [0, 0.1) is 0 Å². The van der Waals surface area contributed by atoms with E-state index in [4.69, 9.17) is 0 Å². The molecule has 1 N–H and O–H groups in total. The number of urea groups is 1. The molecular weight excluding hydrogens is 254 g/mol. The molecule has 1 aliphatic rings. The molecular formula is C11H13N3O3S. The predicted octanol–water partition coefficient (Wildman–Crippen LogP) is 0.258. The van der Waals surface area contributed by atoms with Gasteiger partial charge in [-0.1, -0.05) is 6.07 Å². The first-order chi connectivity index (χ1) is 8.58. The van der Waals surface area contributed by atoms with Gasteiger partial charge in [0.05, 0.1) is 6.54 Å². The average molecular weight is 267 g/mol. The molecule has 96 valence electrons. The van der Waals surface area contributed by atoms with Gasteiger partial charge in [0.2, 0.25) is 5.91 Å². The molecule has 0 aliphatic carbocycles. The van der Waals surface area contributed by atoms with E-state index >= 15 is 0 Å². The molecule has 0 aromatic carbocycles. The molecule has 2 rings (SSSR count). The van der Waals surface area contributed by atoms with Crippen LogP contribution in [0.15, 0.2) is 17.5 Å². The van der Waals surface area contributed by atoms with Crippen molar-refractivity contribution < 1.29 is 14.4 Å². The molecule has 6 nitrogen and oxygen atoms in total. The van der Waals surface area contributed by atoms with E-state index < -0.39 is 6.03 Å². The van der Waals surface area contributed by atoms with Gasteiger partial charge < -0.3 is 10.2 Å². The molecule has 18 heavy (non-hydrogen) atoms. The number of hydrogen-bond donors (Lipinski definition) is 1. The fourth-order valence-corrected chi connectivity index (χ4v) is 2.27. The van der Waals surface area contributed by atoms with Gasteiger partial charge in [-0.2, -0.15) is 0 Å². The normalized spacial score (nSPS) is 15.4. The maximum atomic E-state index is 11.6. The number of carbonyl (C=O) groups is 3. The van der Waals surface area contributed by atoms with E-state index in [1.165, 1.54) is 23.3 Å². The molecule has 7 heteroatoms. The van der Waals surface area contributed by atoms with Crippen molar-refractivity contribution in [1.82, 2.24) is 15.1 Å². The number of hydrogen-bond acceptors (Lipinski definition) is 4. The summed E-state index contributed by atoms with van der Waals surface area (Å²) >= 11 is 1.54. The van der Waals surface area contributed by atoms with Gasteiger partial charge in [-0.05, 0) is 11.4 Å². The van der Waals surface area contributed by atoms with E-state index in [0.29, 0.717) is 6.54 Å². The summed E-state index contributed by atoms with van der Waals surface area (Å²) in [6, 6.07) is 3.38. The summed E-state index contributed by atoms with van der Waals surface area (Å²) in [5, 5.41) is 4.60. The number of likely N-dealkylation sites (N-methyl/N-ethyl adjacent to an activating group) is 1. The Balaban J connectivity index is 1.84. The minimum absolute atomic E-state index is 0.0387. The van der Waals surface area contributed by atoms with Crippen LogP contribution in [0.25, 0.3) is 0 Å². The summed E-state index contributed by atoms with van der Waals surface area (Å²) < 4.78 is 0. The van der Waals surface area contributed by atoms with Gasteiger partial charge in [0.1, 0.15) is 13.1 Å². The van der Waals surface area contributed by atoms with E-state index in [9.17, 15) is 14.4 Å². The SMILES string of the molecule is CN1CC(=O)N(CC(=O)NCc2cccs2)C1=O. The third kappa shape index (κ3) is 2.67. The largest absolute Gasteiger partial charge is 0.350 e. The first kappa shape index (κ1) is 12.6. The number of amides is 4.